The van der Waals surface area contributed by atoms with Crippen LogP contribution in [0.2, 0.25) is 0 Å². The Balaban J connectivity index is 1.30. The molecule has 6 nitrogen and oxygen atoms in total. The van der Waals surface area contributed by atoms with Crippen LogP contribution in [0.15, 0.2) is 54.6 Å². The number of rotatable bonds is 9. The molecule has 1 aliphatic rings. The highest BCUT2D eigenvalue weighted by Gasteiger charge is 2.20. The van der Waals surface area contributed by atoms with E-state index in [1.54, 1.807) is 31.4 Å². The molecule has 2 aromatic rings. The fraction of sp³-hybridized carbons (Fsp3) is 0.417. The van der Waals surface area contributed by atoms with E-state index in [4.69, 9.17) is 4.74 Å². The minimum absolute atomic E-state index is 0.0788. The molecule has 0 atom stereocenters. The molecule has 1 N–H and O–H groups in total. The zero-order chi connectivity index (χ0) is 21.2. The standard InChI is InChI=1S/C24H31N3O3/c1-30-22-12-10-21(11-13-22)24(29)25-14-15-26-16-18-27(19-17-26)23(28)9-5-8-20-6-3-2-4-7-20/h2-4,6-7,10-13H,5,8-9,14-19H2,1H3,(H,25,29). The second-order valence-electron chi connectivity index (χ2n) is 7.55. The lowest BCUT2D eigenvalue weighted by molar-refractivity contribution is -0.133. The number of aryl methyl sites for hydroxylation is 1. The molecule has 3 rings (SSSR count). The van der Waals surface area contributed by atoms with Crippen LogP contribution in [-0.2, 0) is 11.2 Å². The normalized spacial score (nSPS) is 14.4. The van der Waals surface area contributed by atoms with Crippen molar-refractivity contribution in [1.82, 2.24) is 15.1 Å². The lowest BCUT2D eigenvalue weighted by Crippen LogP contribution is -2.50. The van der Waals surface area contributed by atoms with E-state index in [1.807, 2.05) is 23.1 Å². The third kappa shape index (κ3) is 6.59. The number of benzene rings is 2. The number of hydrogen-bond donors (Lipinski definition) is 1. The second-order valence-corrected chi connectivity index (χ2v) is 7.55. The van der Waals surface area contributed by atoms with E-state index in [-0.39, 0.29) is 11.8 Å². The quantitative estimate of drug-likeness (QED) is 0.692. The maximum Gasteiger partial charge on any atom is 0.251 e. The molecule has 0 saturated carbocycles. The van der Waals surface area contributed by atoms with Gasteiger partial charge in [-0.05, 0) is 42.7 Å². The van der Waals surface area contributed by atoms with Gasteiger partial charge in [0.25, 0.3) is 5.91 Å². The zero-order valence-electron chi connectivity index (χ0n) is 17.7. The molecule has 0 unspecified atom stereocenters. The van der Waals surface area contributed by atoms with Gasteiger partial charge in [-0.1, -0.05) is 30.3 Å². The van der Waals surface area contributed by atoms with E-state index in [0.29, 0.717) is 18.5 Å². The van der Waals surface area contributed by atoms with Crippen LogP contribution in [0.4, 0.5) is 0 Å². The SMILES string of the molecule is COc1ccc(C(=O)NCCN2CCN(C(=O)CCCc3ccccc3)CC2)cc1. The first kappa shape index (κ1) is 21.8. The van der Waals surface area contributed by atoms with E-state index >= 15 is 0 Å². The first-order valence-corrected chi connectivity index (χ1v) is 10.6. The van der Waals surface area contributed by atoms with Gasteiger partial charge in [0, 0.05) is 51.3 Å². The number of methoxy groups -OCH3 is 1. The molecule has 0 aliphatic carbocycles. The molecule has 0 bridgehead atoms. The van der Waals surface area contributed by atoms with Crippen molar-refractivity contribution in [3.63, 3.8) is 0 Å². The maximum absolute atomic E-state index is 12.4. The van der Waals surface area contributed by atoms with Gasteiger partial charge in [-0.15, -0.1) is 0 Å². The topological polar surface area (TPSA) is 61.9 Å². The molecular weight excluding hydrogens is 378 g/mol. The predicted molar refractivity (Wildman–Crippen MR) is 118 cm³/mol. The van der Waals surface area contributed by atoms with E-state index in [9.17, 15) is 9.59 Å². The molecule has 2 amide bonds. The Bertz CT molecular complexity index is 800. The van der Waals surface area contributed by atoms with Crippen molar-refractivity contribution < 1.29 is 14.3 Å². The van der Waals surface area contributed by atoms with Gasteiger partial charge in [0.1, 0.15) is 5.75 Å². The molecule has 6 heteroatoms. The highest BCUT2D eigenvalue weighted by Crippen LogP contribution is 2.11. The molecule has 0 radical (unpaired) electrons. The van der Waals surface area contributed by atoms with Gasteiger partial charge in [0.15, 0.2) is 0 Å². The van der Waals surface area contributed by atoms with Crippen LogP contribution in [0.3, 0.4) is 0 Å². The first-order chi connectivity index (χ1) is 14.7. The fourth-order valence-electron chi connectivity index (χ4n) is 3.64. The van der Waals surface area contributed by atoms with Crippen molar-refractivity contribution in [2.24, 2.45) is 0 Å². The average molecular weight is 410 g/mol. The summed E-state index contributed by atoms with van der Waals surface area (Å²) in [6, 6.07) is 17.4. The molecule has 1 aliphatic heterocycles. The van der Waals surface area contributed by atoms with Gasteiger partial charge in [0.2, 0.25) is 5.91 Å². The Morgan fingerprint density at radius 2 is 1.67 bits per heavy atom. The van der Waals surface area contributed by atoms with Crippen molar-refractivity contribution in [2.75, 3.05) is 46.4 Å². The van der Waals surface area contributed by atoms with Crippen molar-refractivity contribution in [2.45, 2.75) is 19.3 Å². The largest absolute Gasteiger partial charge is 0.497 e. The summed E-state index contributed by atoms with van der Waals surface area (Å²) in [7, 11) is 1.60. The number of amides is 2. The molecule has 2 aromatic carbocycles. The number of carbonyl (C=O) groups is 2. The molecule has 30 heavy (non-hydrogen) atoms. The summed E-state index contributed by atoms with van der Waals surface area (Å²) < 4.78 is 5.11. The van der Waals surface area contributed by atoms with Gasteiger partial charge in [-0.3, -0.25) is 14.5 Å². The number of ether oxygens (including phenoxy) is 1. The van der Waals surface area contributed by atoms with Crippen LogP contribution in [0, 0.1) is 0 Å². The number of carbonyl (C=O) groups excluding carboxylic acids is 2. The van der Waals surface area contributed by atoms with Crippen LogP contribution in [0.5, 0.6) is 5.75 Å². The maximum atomic E-state index is 12.4. The molecule has 1 fully saturated rings. The Hall–Kier alpha value is -2.86. The zero-order valence-corrected chi connectivity index (χ0v) is 17.7. The molecule has 1 heterocycles. The minimum atomic E-state index is -0.0788. The van der Waals surface area contributed by atoms with Crippen LogP contribution in [0.25, 0.3) is 0 Å². The lowest BCUT2D eigenvalue weighted by atomic mass is 10.1. The smallest absolute Gasteiger partial charge is 0.251 e. The summed E-state index contributed by atoms with van der Waals surface area (Å²) in [6.07, 6.45) is 2.44. The Kier molecular flexibility index (Phi) is 8.27. The molecular formula is C24H31N3O3. The van der Waals surface area contributed by atoms with Crippen LogP contribution < -0.4 is 10.1 Å². The van der Waals surface area contributed by atoms with Crippen molar-refractivity contribution >= 4 is 11.8 Å². The van der Waals surface area contributed by atoms with E-state index in [0.717, 1.165) is 51.3 Å². The van der Waals surface area contributed by atoms with Gasteiger partial charge < -0.3 is 15.0 Å². The minimum Gasteiger partial charge on any atom is -0.497 e. The third-order valence-electron chi connectivity index (χ3n) is 5.49. The van der Waals surface area contributed by atoms with Crippen molar-refractivity contribution in [3.8, 4) is 5.75 Å². The first-order valence-electron chi connectivity index (χ1n) is 10.6. The molecule has 160 valence electrons. The Labute approximate surface area is 178 Å². The molecule has 0 spiro atoms. The predicted octanol–water partition coefficient (Wildman–Crippen LogP) is 2.59. The van der Waals surface area contributed by atoms with Gasteiger partial charge in [-0.2, -0.15) is 0 Å². The summed E-state index contributed by atoms with van der Waals surface area (Å²) >= 11 is 0. The van der Waals surface area contributed by atoms with Gasteiger partial charge >= 0.3 is 0 Å². The van der Waals surface area contributed by atoms with Gasteiger partial charge in [0.05, 0.1) is 7.11 Å². The number of piperazine rings is 1. The summed E-state index contributed by atoms with van der Waals surface area (Å²) in [5, 5.41) is 2.96. The lowest BCUT2D eigenvalue weighted by Gasteiger charge is -2.34. The van der Waals surface area contributed by atoms with Crippen LogP contribution in [0.1, 0.15) is 28.8 Å². The third-order valence-corrected chi connectivity index (χ3v) is 5.49. The fourth-order valence-corrected chi connectivity index (χ4v) is 3.64. The summed E-state index contributed by atoms with van der Waals surface area (Å²) in [5.41, 5.74) is 1.91. The van der Waals surface area contributed by atoms with Gasteiger partial charge in [-0.25, -0.2) is 0 Å². The highest BCUT2D eigenvalue weighted by molar-refractivity contribution is 5.94. The van der Waals surface area contributed by atoms with E-state index < -0.39 is 0 Å². The Morgan fingerprint density at radius 3 is 2.33 bits per heavy atom. The average Bonchev–Trinajstić information content (AvgIpc) is 2.80. The van der Waals surface area contributed by atoms with E-state index in [1.165, 1.54) is 5.56 Å². The number of nitrogens with one attached hydrogen (secondary N) is 1. The van der Waals surface area contributed by atoms with Crippen molar-refractivity contribution in [1.29, 1.82) is 0 Å². The van der Waals surface area contributed by atoms with Crippen molar-refractivity contribution in [3.05, 3.63) is 65.7 Å². The summed E-state index contributed by atoms with van der Waals surface area (Å²) in [6.45, 7) is 4.60. The monoisotopic (exact) mass is 409 g/mol. The highest BCUT2D eigenvalue weighted by atomic mass is 16.5. The molecule has 1 saturated heterocycles. The van der Waals surface area contributed by atoms with Crippen LogP contribution in [-0.4, -0.2) is 68.0 Å². The number of hydrogen-bond acceptors (Lipinski definition) is 4. The second kappa shape index (κ2) is 11.4. The Morgan fingerprint density at radius 1 is 0.967 bits per heavy atom. The van der Waals surface area contributed by atoms with E-state index in [2.05, 4.69) is 22.3 Å². The van der Waals surface area contributed by atoms with Crippen LogP contribution >= 0.6 is 0 Å². The summed E-state index contributed by atoms with van der Waals surface area (Å²) in [5.74, 6) is 0.905. The number of nitrogens with zero attached hydrogens (tertiary/aromatic N) is 2. The summed E-state index contributed by atoms with van der Waals surface area (Å²) in [4.78, 5) is 28.9. The molecule has 0 aromatic heterocycles.